The molecule has 0 unspecified atom stereocenters. The van der Waals surface area contributed by atoms with Gasteiger partial charge in [0.25, 0.3) is 0 Å². The molecule has 0 spiro atoms. The number of rotatable bonds is 10. The minimum atomic E-state index is -0.538. The Morgan fingerprint density at radius 1 is 0.558 bits per heavy atom. The van der Waals surface area contributed by atoms with Crippen molar-refractivity contribution in [2.45, 2.75) is 49.9 Å². The molecule has 4 N–H and O–H groups in total. The molecular weight excluding hydrogens is 652 g/mol. The number of nitrogens with one attached hydrogen (secondary N) is 4. The summed E-state index contributed by atoms with van der Waals surface area (Å²) in [5, 5.41) is 12.1. The van der Waals surface area contributed by atoms with E-state index in [2.05, 4.69) is 33.1 Å². The topological polar surface area (TPSA) is 123 Å². The van der Waals surface area contributed by atoms with E-state index in [4.69, 9.17) is 0 Å². The van der Waals surface area contributed by atoms with Gasteiger partial charge in [-0.15, -0.1) is 0 Å². The zero-order valence-corrected chi connectivity index (χ0v) is 29.5. The van der Waals surface area contributed by atoms with Crippen LogP contribution in [0.4, 0.5) is 11.4 Å². The van der Waals surface area contributed by atoms with Crippen LogP contribution in [0.2, 0.25) is 0 Å². The third kappa shape index (κ3) is 8.40. The molecule has 10 nitrogen and oxygen atoms in total. The Bertz CT molecular complexity index is 1780. The third-order valence-corrected chi connectivity index (χ3v) is 9.67. The fourth-order valence-corrected chi connectivity index (χ4v) is 6.96. The highest BCUT2D eigenvalue weighted by Crippen LogP contribution is 2.26. The molecule has 6 rings (SSSR count). The summed E-state index contributed by atoms with van der Waals surface area (Å²) in [6.07, 6.45) is 2.76. The highest BCUT2D eigenvalue weighted by atomic mass is 16.2. The number of nitrogens with zero attached hydrogens (tertiary/aromatic N) is 2. The molecule has 0 radical (unpaired) electrons. The van der Waals surface area contributed by atoms with Crippen LogP contribution in [0.15, 0.2) is 109 Å². The Labute approximate surface area is 305 Å². The lowest BCUT2D eigenvalue weighted by molar-refractivity contribution is -0.138. The summed E-state index contributed by atoms with van der Waals surface area (Å²) in [5.74, 6) is 5.66. The molecule has 0 bridgehead atoms. The van der Waals surface area contributed by atoms with Gasteiger partial charge in [-0.3, -0.25) is 19.2 Å². The summed E-state index contributed by atoms with van der Waals surface area (Å²) < 4.78 is 0. The van der Waals surface area contributed by atoms with Gasteiger partial charge in [0.1, 0.15) is 24.2 Å². The largest absolute Gasteiger partial charge is 0.329 e. The maximum Gasteiger partial charge on any atom is 0.247 e. The maximum atomic E-state index is 13.4. The predicted octanol–water partition coefficient (Wildman–Crippen LogP) is 4.87. The minimum absolute atomic E-state index is 0.110. The smallest absolute Gasteiger partial charge is 0.247 e. The predicted molar refractivity (Wildman–Crippen MR) is 202 cm³/mol. The number of hydrogen-bond acceptors (Lipinski definition) is 6. The van der Waals surface area contributed by atoms with E-state index in [0.717, 1.165) is 35.1 Å². The zero-order valence-electron chi connectivity index (χ0n) is 29.5. The van der Waals surface area contributed by atoms with Gasteiger partial charge < -0.3 is 31.1 Å². The third-order valence-electron chi connectivity index (χ3n) is 9.67. The van der Waals surface area contributed by atoms with Crippen LogP contribution in [0, 0.1) is 11.8 Å². The van der Waals surface area contributed by atoms with Gasteiger partial charge in [-0.2, -0.15) is 0 Å². The van der Waals surface area contributed by atoms with E-state index in [-0.39, 0.29) is 23.6 Å². The number of anilines is 2. The molecule has 52 heavy (non-hydrogen) atoms. The van der Waals surface area contributed by atoms with Crippen molar-refractivity contribution >= 4 is 35.0 Å². The van der Waals surface area contributed by atoms with Gasteiger partial charge in [0, 0.05) is 35.6 Å². The molecule has 4 amide bonds. The summed E-state index contributed by atoms with van der Waals surface area (Å²) in [6, 6.07) is 31.5. The Kier molecular flexibility index (Phi) is 11.8. The molecule has 4 aromatic rings. The van der Waals surface area contributed by atoms with Crippen LogP contribution in [0.1, 0.15) is 60.0 Å². The lowest BCUT2D eigenvalue weighted by Crippen LogP contribution is -2.47. The van der Waals surface area contributed by atoms with Gasteiger partial charge in [-0.05, 0) is 99.4 Å². The molecule has 4 aromatic carbocycles. The summed E-state index contributed by atoms with van der Waals surface area (Å²) in [7, 11) is 3.51. The van der Waals surface area contributed by atoms with Crippen molar-refractivity contribution in [3.63, 3.8) is 0 Å². The second-order valence-electron chi connectivity index (χ2n) is 13.0. The second-order valence-corrected chi connectivity index (χ2v) is 13.0. The minimum Gasteiger partial charge on any atom is -0.329 e. The number of benzene rings is 4. The molecule has 2 fully saturated rings. The first-order valence-corrected chi connectivity index (χ1v) is 17.8. The van der Waals surface area contributed by atoms with E-state index >= 15 is 0 Å². The number of likely N-dealkylation sites (tertiary alicyclic amines) is 2. The van der Waals surface area contributed by atoms with Crippen molar-refractivity contribution in [1.82, 2.24) is 20.4 Å². The van der Waals surface area contributed by atoms with E-state index in [1.165, 1.54) is 0 Å². The van der Waals surface area contributed by atoms with Crippen LogP contribution >= 0.6 is 0 Å². The van der Waals surface area contributed by atoms with Gasteiger partial charge in [0.15, 0.2) is 0 Å². The Balaban J connectivity index is 1.02. The standard InChI is InChI=1S/C42H44N6O4/c1-43-37(31-11-5-3-6-12-31)41(51)47-27-9-15-35(47)39(49)45-33-23-19-29(20-24-33)17-18-30-21-25-34(26-22-30)46-40(50)36-16-10-28-48(36)42(52)38(44-2)32-13-7-4-8-14-32/h3-8,11-14,19-26,35-38,43-44H,9-10,15-16,27-28H2,1-2H3,(H,45,49)(H,46,50)/t35-,36-,37-,38-/m0/s1. The highest BCUT2D eigenvalue weighted by Gasteiger charge is 2.38. The van der Waals surface area contributed by atoms with Gasteiger partial charge >= 0.3 is 0 Å². The van der Waals surface area contributed by atoms with E-state index in [9.17, 15) is 19.2 Å². The Morgan fingerprint density at radius 3 is 1.27 bits per heavy atom. The molecule has 0 saturated carbocycles. The molecule has 266 valence electrons. The summed E-state index contributed by atoms with van der Waals surface area (Å²) in [6.45, 7) is 1.08. The van der Waals surface area contributed by atoms with Crippen LogP contribution in [0.25, 0.3) is 0 Å². The van der Waals surface area contributed by atoms with Crippen LogP contribution in [-0.4, -0.2) is 72.7 Å². The van der Waals surface area contributed by atoms with Crippen LogP contribution < -0.4 is 21.3 Å². The van der Waals surface area contributed by atoms with E-state index in [1.54, 1.807) is 48.2 Å². The van der Waals surface area contributed by atoms with Crippen LogP contribution in [0.3, 0.4) is 0 Å². The normalized spacial score (nSPS) is 17.8. The van der Waals surface area contributed by atoms with Crippen molar-refractivity contribution in [2.75, 3.05) is 37.8 Å². The number of likely N-dealkylation sites (N-methyl/N-ethyl adjacent to an activating group) is 2. The number of carbonyl (C=O) groups excluding carboxylic acids is 4. The van der Waals surface area contributed by atoms with Crippen molar-refractivity contribution in [3.8, 4) is 11.8 Å². The molecule has 10 heteroatoms. The van der Waals surface area contributed by atoms with Crippen LogP contribution in [-0.2, 0) is 19.2 Å². The SMILES string of the molecule is CN[C@H](C(=O)N1CCC[C@H]1C(=O)Nc1ccc(C#Cc2ccc(NC(=O)[C@@H]3CCCN3C(=O)[C@@H](NC)c3ccccc3)cc2)cc1)c1ccccc1. The van der Waals surface area contributed by atoms with Crippen molar-refractivity contribution in [1.29, 1.82) is 0 Å². The number of carbonyl (C=O) groups is 4. The molecule has 4 atom stereocenters. The molecular formula is C42H44N6O4. The average Bonchev–Trinajstić information content (AvgIpc) is 3.88. The van der Waals surface area contributed by atoms with Gasteiger partial charge in [-0.25, -0.2) is 0 Å². The fraction of sp³-hybridized carbons (Fsp3) is 0.286. The Hall–Kier alpha value is -5.76. The van der Waals surface area contributed by atoms with Crippen molar-refractivity contribution in [2.24, 2.45) is 0 Å². The zero-order chi connectivity index (χ0) is 36.5. The molecule has 0 aliphatic carbocycles. The quantitative estimate of drug-likeness (QED) is 0.176. The number of hydrogen-bond donors (Lipinski definition) is 4. The first kappa shape index (κ1) is 36.0. The second kappa shape index (κ2) is 17.0. The number of amides is 4. The molecule has 2 aliphatic heterocycles. The van der Waals surface area contributed by atoms with Crippen molar-refractivity contribution < 1.29 is 19.2 Å². The van der Waals surface area contributed by atoms with Gasteiger partial charge in [0.05, 0.1) is 0 Å². The average molecular weight is 697 g/mol. The molecule has 2 saturated heterocycles. The lowest BCUT2D eigenvalue weighted by atomic mass is 10.1. The fourth-order valence-electron chi connectivity index (χ4n) is 6.96. The summed E-state index contributed by atoms with van der Waals surface area (Å²) >= 11 is 0. The van der Waals surface area contributed by atoms with E-state index in [1.807, 2.05) is 84.9 Å². The monoisotopic (exact) mass is 696 g/mol. The maximum absolute atomic E-state index is 13.4. The van der Waals surface area contributed by atoms with Crippen molar-refractivity contribution in [3.05, 3.63) is 131 Å². The molecule has 0 aromatic heterocycles. The van der Waals surface area contributed by atoms with Crippen LogP contribution in [0.5, 0.6) is 0 Å². The first-order valence-electron chi connectivity index (χ1n) is 17.8. The lowest BCUT2D eigenvalue weighted by Gasteiger charge is -2.28. The molecule has 2 heterocycles. The summed E-state index contributed by atoms with van der Waals surface area (Å²) in [4.78, 5) is 56.8. The van der Waals surface area contributed by atoms with Gasteiger partial charge in [0.2, 0.25) is 23.6 Å². The highest BCUT2D eigenvalue weighted by molar-refractivity contribution is 5.99. The molecule has 2 aliphatic rings. The summed E-state index contributed by atoms with van der Waals surface area (Å²) in [5.41, 5.74) is 4.54. The first-order chi connectivity index (χ1) is 25.4. The van der Waals surface area contributed by atoms with E-state index in [0.29, 0.717) is 37.3 Å². The Morgan fingerprint density at radius 2 is 0.923 bits per heavy atom. The van der Waals surface area contributed by atoms with E-state index < -0.39 is 24.2 Å². The van der Waals surface area contributed by atoms with Gasteiger partial charge in [-0.1, -0.05) is 72.5 Å².